The number of aliphatic carboxylic acids is 1. The first-order chi connectivity index (χ1) is 8.78. The first kappa shape index (κ1) is 15.8. The molecule has 1 saturated carbocycles. The molecule has 1 rings (SSSR count). The van der Waals surface area contributed by atoms with Crippen LogP contribution in [0.3, 0.4) is 0 Å². The topological polar surface area (TPSA) is 75.6 Å². The summed E-state index contributed by atoms with van der Waals surface area (Å²) in [7, 11) is 0. The highest BCUT2D eigenvalue weighted by Gasteiger charge is 2.27. The van der Waals surface area contributed by atoms with E-state index in [9.17, 15) is 9.59 Å². The largest absolute Gasteiger partial charge is 0.481 e. The first-order valence-corrected chi connectivity index (χ1v) is 6.96. The summed E-state index contributed by atoms with van der Waals surface area (Å²) in [6.07, 6.45) is 3.88. The molecule has 2 N–H and O–H groups in total. The van der Waals surface area contributed by atoms with Crippen molar-refractivity contribution >= 4 is 12.1 Å². The van der Waals surface area contributed by atoms with Gasteiger partial charge in [0.25, 0.3) is 0 Å². The highest BCUT2D eigenvalue weighted by molar-refractivity contribution is 5.68. The fourth-order valence-electron chi connectivity index (χ4n) is 2.57. The number of carbonyl (C=O) groups is 2. The molecule has 0 bridgehead atoms. The van der Waals surface area contributed by atoms with Gasteiger partial charge in [0.1, 0.15) is 5.60 Å². The van der Waals surface area contributed by atoms with Gasteiger partial charge in [-0.1, -0.05) is 12.8 Å². The average molecular weight is 271 g/mol. The summed E-state index contributed by atoms with van der Waals surface area (Å²) in [4.78, 5) is 22.4. The molecule has 0 aromatic rings. The normalized spacial score (nSPS) is 23.7. The maximum Gasteiger partial charge on any atom is 0.407 e. The Hall–Kier alpha value is -1.26. The zero-order chi connectivity index (χ0) is 14.5. The lowest BCUT2D eigenvalue weighted by Crippen LogP contribution is -2.38. The van der Waals surface area contributed by atoms with E-state index in [0.717, 1.165) is 25.7 Å². The average Bonchev–Trinajstić information content (AvgIpc) is 2.24. The molecular formula is C14H25NO4. The number of rotatable bonds is 4. The van der Waals surface area contributed by atoms with Crippen LogP contribution in [0.5, 0.6) is 0 Å². The molecule has 0 saturated heterocycles. The number of carboxylic acid groups (broad SMARTS) is 1. The van der Waals surface area contributed by atoms with Crippen molar-refractivity contribution in [1.82, 2.24) is 5.32 Å². The van der Waals surface area contributed by atoms with Gasteiger partial charge in [-0.25, -0.2) is 4.79 Å². The lowest BCUT2D eigenvalue weighted by atomic mass is 9.77. The van der Waals surface area contributed by atoms with Crippen LogP contribution in [0, 0.1) is 11.8 Å². The van der Waals surface area contributed by atoms with E-state index in [-0.39, 0.29) is 18.3 Å². The molecule has 19 heavy (non-hydrogen) atoms. The second kappa shape index (κ2) is 6.78. The smallest absolute Gasteiger partial charge is 0.407 e. The Kier molecular flexibility index (Phi) is 5.63. The van der Waals surface area contributed by atoms with Gasteiger partial charge in [-0.3, -0.25) is 4.79 Å². The predicted octanol–water partition coefficient (Wildman–Crippen LogP) is 2.79. The summed E-state index contributed by atoms with van der Waals surface area (Å²) in [6, 6.07) is 0. The van der Waals surface area contributed by atoms with Crippen molar-refractivity contribution in [2.24, 2.45) is 11.8 Å². The van der Waals surface area contributed by atoms with E-state index in [1.165, 1.54) is 0 Å². The predicted molar refractivity (Wildman–Crippen MR) is 71.9 cm³/mol. The fourth-order valence-corrected chi connectivity index (χ4v) is 2.57. The van der Waals surface area contributed by atoms with Crippen LogP contribution in [0.1, 0.15) is 52.9 Å². The number of carbonyl (C=O) groups excluding carboxylic acids is 1. The Morgan fingerprint density at radius 2 is 1.79 bits per heavy atom. The van der Waals surface area contributed by atoms with Crippen molar-refractivity contribution in [3.8, 4) is 0 Å². The van der Waals surface area contributed by atoms with Crippen LogP contribution < -0.4 is 5.32 Å². The molecule has 0 spiro atoms. The number of alkyl carbamates (subject to hydrolysis) is 1. The fraction of sp³-hybridized carbons (Fsp3) is 0.857. The van der Waals surface area contributed by atoms with Crippen molar-refractivity contribution in [3.63, 3.8) is 0 Å². The highest BCUT2D eigenvalue weighted by atomic mass is 16.6. The van der Waals surface area contributed by atoms with Crippen molar-refractivity contribution < 1.29 is 19.4 Å². The second-order valence-corrected chi connectivity index (χ2v) is 6.29. The van der Waals surface area contributed by atoms with Crippen LogP contribution in [0.25, 0.3) is 0 Å². The van der Waals surface area contributed by atoms with Crippen LogP contribution >= 0.6 is 0 Å². The number of amides is 1. The molecule has 2 atom stereocenters. The summed E-state index contributed by atoms with van der Waals surface area (Å²) in [5, 5.41) is 11.7. The Labute approximate surface area is 114 Å². The summed E-state index contributed by atoms with van der Waals surface area (Å²) in [5.41, 5.74) is -0.503. The van der Waals surface area contributed by atoms with E-state index in [1.54, 1.807) is 0 Å². The van der Waals surface area contributed by atoms with Crippen molar-refractivity contribution in [2.75, 3.05) is 6.54 Å². The molecule has 1 aliphatic rings. The number of hydrogen-bond acceptors (Lipinski definition) is 3. The number of nitrogens with one attached hydrogen (secondary N) is 1. The van der Waals surface area contributed by atoms with Crippen LogP contribution in [-0.2, 0) is 9.53 Å². The molecule has 1 amide bonds. The quantitative estimate of drug-likeness (QED) is 0.824. The number of carboxylic acids is 1. The van der Waals surface area contributed by atoms with Gasteiger partial charge >= 0.3 is 12.1 Å². The van der Waals surface area contributed by atoms with Crippen molar-refractivity contribution in [2.45, 2.75) is 58.5 Å². The summed E-state index contributed by atoms with van der Waals surface area (Å²) < 4.78 is 5.18. The molecule has 5 heteroatoms. The maximum atomic E-state index is 11.6. The Bertz CT molecular complexity index is 322. The minimum atomic E-state index is -0.755. The molecule has 0 radical (unpaired) electrons. The van der Waals surface area contributed by atoms with Gasteiger partial charge in [0.05, 0.1) is 0 Å². The third kappa shape index (κ3) is 6.45. The second-order valence-electron chi connectivity index (χ2n) is 6.29. The van der Waals surface area contributed by atoms with E-state index >= 15 is 0 Å². The molecule has 110 valence electrons. The van der Waals surface area contributed by atoms with E-state index in [2.05, 4.69) is 5.32 Å². The molecule has 0 aromatic heterocycles. The van der Waals surface area contributed by atoms with Gasteiger partial charge in [-0.2, -0.15) is 0 Å². The maximum absolute atomic E-state index is 11.6. The van der Waals surface area contributed by atoms with Crippen LogP contribution in [0.15, 0.2) is 0 Å². The molecule has 1 aliphatic carbocycles. The van der Waals surface area contributed by atoms with E-state index in [0.29, 0.717) is 6.54 Å². The van der Waals surface area contributed by atoms with Gasteiger partial charge in [0.15, 0.2) is 0 Å². The van der Waals surface area contributed by atoms with Crippen molar-refractivity contribution in [3.05, 3.63) is 0 Å². The molecule has 0 unspecified atom stereocenters. The van der Waals surface area contributed by atoms with E-state index in [1.807, 2.05) is 20.8 Å². The van der Waals surface area contributed by atoms with Gasteiger partial charge in [-0.05, 0) is 45.4 Å². The standard InChI is InChI=1S/C14H25NO4/c1-14(2,3)19-13(18)15-9-11-7-5-4-6-10(11)8-12(16)17/h10-11H,4-9H2,1-3H3,(H,15,18)(H,16,17)/t10-,11+/m1/s1. The Balaban J connectivity index is 2.40. The Morgan fingerprint density at radius 1 is 1.21 bits per heavy atom. The van der Waals surface area contributed by atoms with Crippen LogP contribution in [-0.4, -0.2) is 29.3 Å². The van der Waals surface area contributed by atoms with E-state index < -0.39 is 17.7 Å². The molecule has 5 nitrogen and oxygen atoms in total. The molecule has 1 fully saturated rings. The van der Waals surface area contributed by atoms with Crippen molar-refractivity contribution in [1.29, 1.82) is 0 Å². The van der Waals surface area contributed by atoms with Crippen LogP contribution in [0.2, 0.25) is 0 Å². The summed E-state index contributed by atoms with van der Waals surface area (Å²) >= 11 is 0. The zero-order valence-corrected chi connectivity index (χ0v) is 12.1. The summed E-state index contributed by atoms with van der Waals surface area (Å²) in [6.45, 7) is 5.97. The third-order valence-corrected chi connectivity index (χ3v) is 3.41. The monoisotopic (exact) mass is 271 g/mol. The third-order valence-electron chi connectivity index (χ3n) is 3.41. The molecular weight excluding hydrogens is 246 g/mol. The highest BCUT2D eigenvalue weighted by Crippen LogP contribution is 2.31. The van der Waals surface area contributed by atoms with Crippen LogP contribution in [0.4, 0.5) is 4.79 Å². The van der Waals surface area contributed by atoms with Gasteiger partial charge < -0.3 is 15.2 Å². The van der Waals surface area contributed by atoms with E-state index in [4.69, 9.17) is 9.84 Å². The number of ether oxygens (including phenoxy) is 1. The van der Waals surface area contributed by atoms with Gasteiger partial charge in [-0.15, -0.1) is 0 Å². The molecule has 0 aromatic carbocycles. The van der Waals surface area contributed by atoms with Gasteiger partial charge in [0.2, 0.25) is 0 Å². The SMILES string of the molecule is CC(C)(C)OC(=O)NC[C@@H]1CCCC[C@@H]1CC(=O)O. The molecule has 0 aliphatic heterocycles. The zero-order valence-electron chi connectivity index (χ0n) is 12.1. The molecule has 0 heterocycles. The lowest BCUT2D eigenvalue weighted by Gasteiger charge is -2.31. The first-order valence-electron chi connectivity index (χ1n) is 6.96. The summed E-state index contributed by atoms with van der Waals surface area (Å²) in [5.74, 6) is -0.340. The minimum Gasteiger partial charge on any atom is -0.481 e. The minimum absolute atomic E-state index is 0.168. The van der Waals surface area contributed by atoms with Gasteiger partial charge in [0, 0.05) is 13.0 Å². The Morgan fingerprint density at radius 3 is 2.32 bits per heavy atom. The number of hydrogen-bond donors (Lipinski definition) is 2. The lowest BCUT2D eigenvalue weighted by molar-refractivity contribution is -0.138.